The summed E-state index contributed by atoms with van der Waals surface area (Å²) in [4.78, 5) is 27.5. The first-order valence-electron chi connectivity index (χ1n) is 10.0. The molecule has 2 amide bonds. The molecule has 4 rings (SSSR count). The van der Waals surface area contributed by atoms with Crippen molar-refractivity contribution in [3.8, 4) is 5.75 Å². The molecule has 2 aliphatic heterocycles. The molecular weight excluding hydrogens is 352 g/mol. The second-order valence-corrected chi connectivity index (χ2v) is 7.62. The van der Waals surface area contributed by atoms with Gasteiger partial charge in [-0.2, -0.15) is 0 Å². The molecule has 0 bridgehead atoms. The number of carbonyl (C=O) groups is 2. The molecule has 0 aromatic heterocycles. The predicted molar refractivity (Wildman–Crippen MR) is 107 cm³/mol. The number of para-hydroxylation sites is 1. The number of likely N-dealkylation sites (tertiary alicyclic amines) is 1. The van der Waals surface area contributed by atoms with E-state index in [9.17, 15) is 9.59 Å². The van der Waals surface area contributed by atoms with Crippen molar-refractivity contribution in [2.24, 2.45) is 5.92 Å². The zero-order chi connectivity index (χ0) is 19.5. The highest BCUT2D eigenvalue weighted by atomic mass is 16.5. The van der Waals surface area contributed by atoms with Crippen LogP contribution in [0.2, 0.25) is 0 Å². The van der Waals surface area contributed by atoms with Crippen LogP contribution in [0.3, 0.4) is 0 Å². The van der Waals surface area contributed by atoms with Gasteiger partial charge in [-0.05, 0) is 37.5 Å². The molecule has 1 saturated heterocycles. The van der Waals surface area contributed by atoms with Crippen LogP contribution in [0.1, 0.15) is 46.8 Å². The normalized spacial score (nSPS) is 19.5. The van der Waals surface area contributed by atoms with Gasteiger partial charge in [-0.3, -0.25) is 9.59 Å². The second-order valence-electron chi connectivity index (χ2n) is 7.62. The number of nitrogens with zero attached hydrogens (tertiary/aromatic N) is 1. The van der Waals surface area contributed by atoms with Crippen LogP contribution in [0.15, 0.2) is 48.5 Å². The summed E-state index contributed by atoms with van der Waals surface area (Å²) in [5.74, 6) is 0.966. The predicted octanol–water partition coefficient (Wildman–Crippen LogP) is 3.49. The summed E-state index contributed by atoms with van der Waals surface area (Å²) >= 11 is 0. The first-order valence-corrected chi connectivity index (χ1v) is 10.0. The van der Waals surface area contributed by atoms with Gasteiger partial charge in [-0.15, -0.1) is 0 Å². The monoisotopic (exact) mass is 378 g/mol. The van der Waals surface area contributed by atoms with E-state index in [0.717, 1.165) is 28.9 Å². The van der Waals surface area contributed by atoms with Crippen molar-refractivity contribution in [1.29, 1.82) is 0 Å². The third kappa shape index (κ3) is 3.75. The minimum absolute atomic E-state index is 0.00378. The average Bonchev–Trinajstić information content (AvgIpc) is 2.74. The van der Waals surface area contributed by atoms with E-state index in [2.05, 4.69) is 5.32 Å². The first kappa shape index (κ1) is 18.5. The summed E-state index contributed by atoms with van der Waals surface area (Å²) in [7, 11) is 0. The number of fused-ring (bicyclic) bond motifs is 1. The Morgan fingerprint density at radius 3 is 2.50 bits per heavy atom. The summed E-state index contributed by atoms with van der Waals surface area (Å²) in [6.45, 7) is 3.82. The Bertz CT molecular complexity index is 872. The standard InChI is InChI=1S/C23H26N2O3/c1-16-6-2-3-7-18(16)23(27)25-13-10-17(11-14-25)22(26)24-20-12-15-28-21-9-5-4-8-19(20)21/h2-9,17,20H,10-15H2,1H3,(H,24,26). The average molecular weight is 378 g/mol. The van der Waals surface area contributed by atoms with Gasteiger partial charge in [0.25, 0.3) is 5.91 Å². The van der Waals surface area contributed by atoms with Gasteiger partial charge in [-0.25, -0.2) is 0 Å². The summed E-state index contributed by atoms with van der Waals surface area (Å²) in [5.41, 5.74) is 2.80. The molecule has 5 heteroatoms. The Kier molecular flexibility index (Phi) is 5.33. The van der Waals surface area contributed by atoms with Gasteiger partial charge < -0.3 is 15.0 Å². The maximum atomic E-state index is 12.8. The lowest BCUT2D eigenvalue weighted by Gasteiger charge is -2.33. The van der Waals surface area contributed by atoms with Crippen LogP contribution >= 0.6 is 0 Å². The van der Waals surface area contributed by atoms with E-state index in [4.69, 9.17) is 4.74 Å². The van der Waals surface area contributed by atoms with Gasteiger partial charge in [-0.1, -0.05) is 36.4 Å². The van der Waals surface area contributed by atoms with Gasteiger partial charge >= 0.3 is 0 Å². The van der Waals surface area contributed by atoms with E-state index in [1.807, 2.05) is 60.4 Å². The molecule has 2 heterocycles. The van der Waals surface area contributed by atoms with Gasteiger partial charge in [0.15, 0.2) is 0 Å². The van der Waals surface area contributed by atoms with Gasteiger partial charge in [0.2, 0.25) is 5.91 Å². The zero-order valence-corrected chi connectivity index (χ0v) is 16.2. The lowest BCUT2D eigenvalue weighted by atomic mass is 9.93. The highest BCUT2D eigenvalue weighted by Gasteiger charge is 2.30. The summed E-state index contributed by atoms with van der Waals surface area (Å²) in [6.07, 6.45) is 2.19. The van der Waals surface area contributed by atoms with Crippen molar-refractivity contribution < 1.29 is 14.3 Å². The number of ether oxygens (including phenoxy) is 1. The number of aryl methyl sites for hydroxylation is 1. The lowest BCUT2D eigenvalue weighted by molar-refractivity contribution is -0.127. The van der Waals surface area contributed by atoms with Crippen molar-refractivity contribution in [3.05, 3.63) is 65.2 Å². The van der Waals surface area contributed by atoms with Crippen LogP contribution in [0.5, 0.6) is 5.75 Å². The number of rotatable bonds is 3. The quantitative estimate of drug-likeness (QED) is 0.889. The molecule has 28 heavy (non-hydrogen) atoms. The minimum Gasteiger partial charge on any atom is -0.493 e. The number of amides is 2. The Labute approximate surface area is 165 Å². The largest absolute Gasteiger partial charge is 0.493 e. The Morgan fingerprint density at radius 1 is 1.00 bits per heavy atom. The Morgan fingerprint density at radius 2 is 1.71 bits per heavy atom. The molecule has 1 unspecified atom stereocenters. The molecule has 2 aromatic rings. The highest BCUT2D eigenvalue weighted by Crippen LogP contribution is 2.32. The van der Waals surface area contributed by atoms with Crippen LogP contribution in [0.25, 0.3) is 0 Å². The Hall–Kier alpha value is -2.82. The third-order valence-corrected chi connectivity index (χ3v) is 5.80. The van der Waals surface area contributed by atoms with Crippen molar-refractivity contribution >= 4 is 11.8 Å². The molecule has 0 spiro atoms. The fraction of sp³-hybridized carbons (Fsp3) is 0.391. The van der Waals surface area contributed by atoms with Crippen LogP contribution < -0.4 is 10.1 Å². The van der Waals surface area contributed by atoms with Crippen molar-refractivity contribution in [3.63, 3.8) is 0 Å². The fourth-order valence-corrected chi connectivity index (χ4v) is 4.11. The lowest BCUT2D eigenvalue weighted by Crippen LogP contribution is -2.44. The molecule has 146 valence electrons. The van der Waals surface area contributed by atoms with E-state index >= 15 is 0 Å². The van der Waals surface area contributed by atoms with Crippen LogP contribution in [0, 0.1) is 12.8 Å². The number of benzene rings is 2. The minimum atomic E-state index is -0.0454. The van der Waals surface area contributed by atoms with E-state index < -0.39 is 0 Å². The van der Waals surface area contributed by atoms with E-state index in [1.165, 1.54) is 0 Å². The maximum Gasteiger partial charge on any atom is 0.254 e. The van der Waals surface area contributed by atoms with Crippen LogP contribution in [0.4, 0.5) is 0 Å². The molecule has 0 aliphatic carbocycles. The topological polar surface area (TPSA) is 58.6 Å². The number of piperidine rings is 1. The van der Waals surface area contributed by atoms with E-state index in [1.54, 1.807) is 0 Å². The number of hydrogen-bond donors (Lipinski definition) is 1. The molecule has 0 radical (unpaired) electrons. The first-order chi connectivity index (χ1) is 13.6. The molecule has 5 nitrogen and oxygen atoms in total. The summed E-state index contributed by atoms with van der Waals surface area (Å²) in [5, 5.41) is 3.21. The van der Waals surface area contributed by atoms with Gasteiger partial charge in [0.1, 0.15) is 5.75 Å². The van der Waals surface area contributed by atoms with E-state index in [-0.39, 0.29) is 23.8 Å². The van der Waals surface area contributed by atoms with E-state index in [0.29, 0.717) is 32.5 Å². The summed E-state index contributed by atoms with van der Waals surface area (Å²) < 4.78 is 5.68. The molecule has 2 aromatic carbocycles. The Balaban J connectivity index is 1.35. The fourth-order valence-electron chi connectivity index (χ4n) is 4.11. The molecular formula is C23H26N2O3. The highest BCUT2D eigenvalue weighted by molar-refractivity contribution is 5.95. The van der Waals surface area contributed by atoms with Gasteiger partial charge in [0.05, 0.1) is 12.6 Å². The number of carbonyl (C=O) groups excluding carboxylic acids is 2. The molecule has 1 fully saturated rings. The third-order valence-electron chi connectivity index (χ3n) is 5.80. The summed E-state index contributed by atoms with van der Waals surface area (Å²) in [6, 6.07) is 15.6. The number of hydrogen-bond acceptors (Lipinski definition) is 3. The zero-order valence-electron chi connectivity index (χ0n) is 16.2. The molecule has 0 saturated carbocycles. The molecule has 2 aliphatic rings. The maximum absolute atomic E-state index is 12.8. The van der Waals surface area contributed by atoms with Gasteiger partial charge in [0, 0.05) is 36.6 Å². The molecule has 1 N–H and O–H groups in total. The second kappa shape index (κ2) is 8.05. The van der Waals surface area contributed by atoms with Crippen LogP contribution in [-0.2, 0) is 4.79 Å². The molecule has 1 atom stereocenters. The number of nitrogens with one attached hydrogen (secondary N) is 1. The van der Waals surface area contributed by atoms with Crippen LogP contribution in [-0.4, -0.2) is 36.4 Å². The smallest absolute Gasteiger partial charge is 0.254 e. The van der Waals surface area contributed by atoms with Crippen molar-refractivity contribution in [2.45, 2.75) is 32.2 Å². The van der Waals surface area contributed by atoms with Crippen molar-refractivity contribution in [1.82, 2.24) is 10.2 Å². The SMILES string of the molecule is Cc1ccccc1C(=O)N1CCC(C(=O)NC2CCOc3ccccc32)CC1. The van der Waals surface area contributed by atoms with Crippen molar-refractivity contribution in [2.75, 3.05) is 19.7 Å².